The van der Waals surface area contributed by atoms with Crippen LogP contribution < -0.4 is 5.32 Å². The van der Waals surface area contributed by atoms with Gasteiger partial charge in [0.1, 0.15) is 6.26 Å². The highest BCUT2D eigenvalue weighted by atomic mass is 16.5. The Morgan fingerprint density at radius 2 is 2.56 bits per heavy atom. The molecular formula is C5H7NO3. The smallest absolute Gasteiger partial charge is 0.369 e. The number of hydrogen-bond acceptors (Lipinski definition) is 3. The van der Waals surface area contributed by atoms with Crippen molar-refractivity contribution in [1.82, 2.24) is 5.32 Å². The van der Waals surface area contributed by atoms with Gasteiger partial charge in [-0.2, -0.15) is 0 Å². The first-order valence-corrected chi connectivity index (χ1v) is 2.49. The number of rotatable bonds is 1. The lowest BCUT2D eigenvalue weighted by molar-refractivity contribution is -0.157. The topological polar surface area (TPSA) is 58.6 Å². The molecule has 0 saturated carbocycles. The van der Waals surface area contributed by atoms with Gasteiger partial charge in [-0.25, -0.2) is 4.79 Å². The molecule has 0 aliphatic carbocycles. The number of ether oxygens (including phenoxy) is 1. The minimum Gasteiger partial charge on any atom is -0.477 e. The summed E-state index contributed by atoms with van der Waals surface area (Å²) in [4.78, 5) is 10.3. The van der Waals surface area contributed by atoms with Gasteiger partial charge in [0.15, 0.2) is 0 Å². The minimum atomic E-state index is -1.25. The van der Waals surface area contributed by atoms with E-state index in [1.807, 2.05) is 0 Å². The molecule has 4 nitrogen and oxygen atoms in total. The van der Waals surface area contributed by atoms with Crippen molar-refractivity contribution in [1.29, 1.82) is 0 Å². The van der Waals surface area contributed by atoms with Crippen LogP contribution >= 0.6 is 0 Å². The first-order chi connectivity index (χ1) is 4.15. The molecule has 1 unspecified atom stereocenters. The van der Waals surface area contributed by atoms with Gasteiger partial charge in [0.25, 0.3) is 5.72 Å². The zero-order valence-electron chi connectivity index (χ0n) is 4.92. The summed E-state index contributed by atoms with van der Waals surface area (Å²) in [5, 5.41) is 11.0. The molecule has 0 bridgehead atoms. The van der Waals surface area contributed by atoms with E-state index in [-0.39, 0.29) is 0 Å². The first-order valence-electron chi connectivity index (χ1n) is 2.49. The lowest BCUT2D eigenvalue weighted by Crippen LogP contribution is -2.45. The molecule has 0 amide bonds. The van der Waals surface area contributed by atoms with Gasteiger partial charge in [-0.15, -0.1) is 0 Å². The highest BCUT2D eigenvalue weighted by molar-refractivity contribution is 5.77. The van der Waals surface area contributed by atoms with E-state index in [0.717, 1.165) is 0 Å². The summed E-state index contributed by atoms with van der Waals surface area (Å²) in [5.74, 6) is -1.02. The zero-order valence-corrected chi connectivity index (χ0v) is 4.92. The molecule has 0 saturated heterocycles. The Balaban J connectivity index is 2.66. The van der Waals surface area contributed by atoms with E-state index in [0.29, 0.717) is 0 Å². The maximum Gasteiger partial charge on any atom is 0.369 e. The third-order valence-corrected chi connectivity index (χ3v) is 1.14. The molecule has 1 rings (SSSR count). The van der Waals surface area contributed by atoms with Crippen LogP contribution in [-0.4, -0.2) is 16.8 Å². The van der Waals surface area contributed by atoms with Gasteiger partial charge in [0.05, 0.1) is 0 Å². The predicted octanol–water partition coefficient (Wildman–Crippen LogP) is -0.122. The summed E-state index contributed by atoms with van der Waals surface area (Å²) in [6, 6.07) is 0. The van der Waals surface area contributed by atoms with Crippen LogP contribution in [0.3, 0.4) is 0 Å². The van der Waals surface area contributed by atoms with Crippen LogP contribution in [0, 0.1) is 0 Å². The van der Waals surface area contributed by atoms with E-state index in [1.54, 1.807) is 0 Å². The number of carbonyl (C=O) groups is 1. The SMILES string of the molecule is CC1(C(=O)O)NC=CO1. The lowest BCUT2D eigenvalue weighted by Gasteiger charge is -2.17. The number of carboxylic acid groups (broad SMARTS) is 1. The molecule has 0 aromatic carbocycles. The highest BCUT2D eigenvalue weighted by Crippen LogP contribution is 2.11. The largest absolute Gasteiger partial charge is 0.477 e. The van der Waals surface area contributed by atoms with Gasteiger partial charge in [-0.1, -0.05) is 0 Å². The number of nitrogens with one attached hydrogen (secondary N) is 1. The van der Waals surface area contributed by atoms with Crippen LogP contribution in [0.4, 0.5) is 0 Å². The van der Waals surface area contributed by atoms with E-state index in [4.69, 9.17) is 9.84 Å². The fourth-order valence-electron chi connectivity index (χ4n) is 0.509. The van der Waals surface area contributed by atoms with Crippen molar-refractivity contribution >= 4 is 5.97 Å². The second-order valence-corrected chi connectivity index (χ2v) is 1.90. The van der Waals surface area contributed by atoms with Crippen molar-refractivity contribution in [2.24, 2.45) is 0 Å². The zero-order chi connectivity index (χ0) is 6.91. The van der Waals surface area contributed by atoms with Gasteiger partial charge in [-0.3, -0.25) is 0 Å². The van der Waals surface area contributed by atoms with Crippen molar-refractivity contribution in [3.63, 3.8) is 0 Å². The van der Waals surface area contributed by atoms with Crippen LogP contribution in [0.1, 0.15) is 6.92 Å². The molecule has 1 atom stereocenters. The molecule has 0 radical (unpaired) electrons. The van der Waals surface area contributed by atoms with E-state index in [1.165, 1.54) is 19.4 Å². The summed E-state index contributed by atoms with van der Waals surface area (Å²) in [7, 11) is 0. The Morgan fingerprint density at radius 1 is 1.89 bits per heavy atom. The first kappa shape index (κ1) is 5.94. The summed E-state index contributed by atoms with van der Waals surface area (Å²) in [6.45, 7) is 1.44. The van der Waals surface area contributed by atoms with Crippen LogP contribution in [-0.2, 0) is 9.53 Å². The van der Waals surface area contributed by atoms with Crippen molar-refractivity contribution in [3.8, 4) is 0 Å². The Hall–Kier alpha value is -1.19. The molecule has 1 heterocycles. The molecular weight excluding hydrogens is 122 g/mol. The Bertz CT molecular complexity index is 156. The Labute approximate surface area is 52.1 Å². The summed E-state index contributed by atoms with van der Waals surface area (Å²) in [6.07, 6.45) is 2.77. The maximum atomic E-state index is 10.3. The molecule has 0 aromatic heterocycles. The van der Waals surface area contributed by atoms with Crippen LogP contribution in [0.2, 0.25) is 0 Å². The summed E-state index contributed by atoms with van der Waals surface area (Å²) in [5.41, 5.74) is -1.25. The van der Waals surface area contributed by atoms with Crippen molar-refractivity contribution in [2.45, 2.75) is 12.6 Å². The standard InChI is InChI=1S/C5H7NO3/c1-5(4(7)8)6-2-3-9-5/h2-3,6H,1H3,(H,7,8). The second-order valence-electron chi connectivity index (χ2n) is 1.90. The molecule has 1 aliphatic rings. The number of aliphatic carboxylic acids is 1. The second kappa shape index (κ2) is 1.65. The van der Waals surface area contributed by atoms with E-state index in [2.05, 4.69) is 5.32 Å². The predicted molar refractivity (Wildman–Crippen MR) is 29.4 cm³/mol. The molecule has 2 N–H and O–H groups in total. The number of carboxylic acids is 1. The van der Waals surface area contributed by atoms with E-state index >= 15 is 0 Å². The fraction of sp³-hybridized carbons (Fsp3) is 0.400. The lowest BCUT2D eigenvalue weighted by atomic mass is 10.3. The van der Waals surface area contributed by atoms with Crippen LogP contribution in [0.5, 0.6) is 0 Å². The third kappa shape index (κ3) is 0.826. The minimum absolute atomic E-state index is 1.02. The van der Waals surface area contributed by atoms with Crippen LogP contribution in [0.15, 0.2) is 12.5 Å². The van der Waals surface area contributed by atoms with Crippen molar-refractivity contribution in [3.05, 3.63) is 12.5 Å². The van der Waals surface area contributed by atoms with E-state index in [9.17, 15) is 4.79 Å². The molecule has 9 heavy (non-hydrogen) atoms. The monoisotopic (exact) mass is 129 g/mol. The summed E-state index contributed by atoms with van der Waals surface area (Å²) < 4.78 is 4.71. The van der Waals surface area contributed by atoms with Gasteiger partial charge in [0, 0.05) is 13.1 Å². The molecule has 0 fully saturated rings. The van der Waals surface area contributed by atoms with Crippen molar-refractivity contribution < 1.29 is 14.6 Å². The van der Waals surface area contributed by atoms with Gasteiger partial charge < -0.3 is 15.2 Å². The summed E-state index contributed by atoms with van der Waals surface area (Å²) >= 11 is 0. The van der Waals surface area contributed by atoms with Gasteiger partial charge >= 0.3 is 5.97 Å². The average Bonchev–Trinajstić information content (AvgIpc) is 2.16. The quantitative estimate of drug-likeness (QED) is 0.518. The molecule has 4 heteroatoms. The Morgan fingerprint density at radius 3 is 2.78 bits per heavy atom. The molecule has 0 spiro atoms. The normalized spacial score (nSPS) is 31.2. The number of hydrogen-bond donors (Lipinski definition) is 2. The fourth-order valence-corrected chi connectivity index (χ4v) is 0.509. The van der Waals surface area contributed by atoms with Crippen molar-refractivity contribution in [2.75, 3.05) is 0 Å². The van der Waals surface area contributed by atoms with Crippen LogP contribution in [0.25, 0.3) is 0 Å². The third-order valence-electron chi connectivity index (χ3n) is 1.14. The molecule has 50 valence electrons. The van der Waals surface area contributed by atoms with Gasteiger partial charge in [0.2, 0.25) is 0 Å². The molecule has 0 aromatic rings. The molecule has 1 aliphatic heterocycles. The highest BCUT2D eigenvalue weighted by Gasteiger charge is 2.35. The van der Waals surface area contributed by atoms with E-state index < -0.39 is 11.7 Å². The Kier molecular flexibility index (Phi) is 1.09. The van der Waals surface area contributed by atoms with Gasteiger partial charge in [-0.05, 0) is 0 Å². The maximum absolute atomic E-state index is 10.3. The average molecular weight is 129 g/mol.